The fraction of sp³-hybridized carbons (Fsp3) is 0.214. The summed E-state index contributed by atoms with van der Waals surface area (Å²) in [5, 5.41) is 11.5. The van der Waals surface area contributed by atoms with Gasteiger partial charge in [-0.05, 0) is 41.8 Å². The Kier molecular flexibility index (Phi) is 2.65. The number of carbonyl (C=O) groups excluding carboxylic acids is 1. The molecule has 0 spiro atoms. The maximum atomic E-state index is 11.5. The molecule has 0 heterocycles. The van der Waals surface area contributed by atoms with Crippen LogP contribution in [0.1, 0.15) is 29.8 Å². The van der Waals surface area contributed by atoms with Gasteiger partial charge in [-0.2, -0.15) is 0 Å². The van der Waals surface area contributed by atoms with Crippen molar-refractivity contribution in [3.05, 3.63) is 41.5 Å². The topological polar surface area (TPSA) is 37.3 Å². The van der Waals surface area contributed by atoms with Crippen LogP contribution in [0.2, 0.25) is 0 Å². The average Bonchev–Trinajstić information content (AvgIpc) is 2.26. The highest BCUT2D eigenvalue weighted by Crippen LogP contribution is 2.28. The number of hydrogen-bond acceptors (Lipinski definition) is 2. The molecule has 0 aromatic heterocycles. The molecule has 2 heteroatoms. The summed E-state index contributed by atoms with van der Waals surface area (Å²) in [4.78, 5) is 11.5. The lowest BCUT2D eigenvalue weighted by Crippen LogP contribution is -1.96. The molecule has 2 aromatic carbocycles. The molecule has 0 unspecified atom stereocenters. The van der Waals surface area contributed by atoms with Crippen LogP contribution < -0.4 is 0 Å². The molecule has 0 saturated carbocycles. The van der Waals surface area contributed by atoms with E-state index >= 15 is 0 Å². The quantitative estimate of drug-likeness (QED) is 0.779. The van der Waals surface area contributed by atoms with Crippen molar-refractivity contribution in [1.29, 1.82) is 0 Å². The first-order valence-electron chi connectivity index (χ1n) is 5.39. The van der Waals surface area contributed by atoms with E-state index in [2.05, 4.69) is 0 Å². The lowest BCUT2D eigenvalue weighted by atomic mass is 9.96. The van der Waals surface area contributed by atoms with Crippen LogP contribution in [0.4, 0.5) is 0 Å². The van der Waals surface area contributed by atoms with E-state index in [1.165, 1.54) is 0 Å². The van der Waals surface area contributed by atoms with Crippen molar-refractivity contribution in [2.24, 2.45) is 0 Å². The van der Waals surface area contributed by atoms with Crippen molar-refractivity contribution in [3.63, 3.8) is 0 Å². The van der Waals surface area contributed by atoms with Gasteiger partial charge in [-0.1, -0.05) is 25.1 Å². The lowest BCUT2D eigenvalue weighted by molar-refractivity contribution is 0.101. The van der Waals surface area contributed by atoms with E-state index < -0.39 is 0 Å². The minimum absolute atomic E-state index is 0.0611. The number of phenolic OH excluding ortho intramolecular Hbond substituents is 1. The Balaban J connectivity index is 2.89. The van der Waals surface area contributed by atoms with E-state index in [0.29, 0.717) is 0 Å². The molecular formula is C14H14O2. The van der Waals surface area contributed by atoms with Crippen molar-refractivity contribution in [3.8, 4) is 5.75 Å². The first-order valence-corrected chi connectivity index (χ1v) is 5.39. The van der Waals surface area contributed by atoms with E-state index in [4.69, 9.17) is 0 Å². The number of hydrogen-bond donors (Lipinski definition) is 1. The normalized spacial score (nSPS) is 10.6. The Morgan fingerprint density at radius 1 is 1.31 bits per heavy atom. The number of ketones is 1. The summed E-state index contributed by atoms with van der Waals surface area (Å²) < 4.78 is 0. The summed E-state index contributed by atoms with van der Waals surface area (Å²) in [7, 11) is 0. The fourth-order valence-electron chi connectivity index (χ4n) is 2.07. The highest BCUT2D eigenvalue weighted by atomic mass is 16.3. The number of fused-ring (bicyclic) bond motifs is 1. The summed E-state index contributed by atoms with van der Waals surface area (Å²) in [5.74, 6) is 0.316. The zero-order valence-corrected chi connectivity index (χ0v) is 9.45. The molecule has 0 bridgehead atoms. The molecule has 2 rings (SSSR count). The summed E-state index contributed by atoms with van der Waals surface area (Å²) >= 11 is 0. The van der Waals surface area contributed by atoms with Crippen LogP contribution in [0.25, 0.3) is 10.8 Å². The van der Waals surface area contributed by atoms with Gasteiger partial charge in [0.2, 0.25) is 0 Å². The van der Waals surface area contributed by atoms with E-state index in [9.17, 15) is 9.90 Å². The van der Waals surface area contributed by atoms with Gasteiger partial charge in [0, 0.05) is 5.56 Å². The maximum absolute atomic E-state index is 11.5. The number of benzene rings is 2. The van der Waals surface area contributed by atoms with Gasteiger partial charge in [0.05, 0.1) is 0 Å². The molecule has 0 aliphatic carbocycles. The van der Waals surface area contributed by atoms with Gasteiger partial charge in [-0.15, -0.1) is 0 Å². The molecule has 2 aromatic rings. The Bertz CT molecular complexity index is 556. The molecule has 82 valence electrons. The lowest BCUT2D eigenvalue weighted by Gasteiger charge is -2.09. The van der Waals surface area contributed by atoms with Crippen LogP contribution in [-0.4, -0.2) is 10.9 Å². The maximum Gasteiger partial charge on any atom is 0.160 e. The molecule has 0 aliphatic rings. The van der Waals surface area contributed by atoms with Crippen LogP contribution >= 0.6 is 0 Å². The Labute approximate surface area is 94.5 Å². The van der Waals surface area contributed by atoms with E-state index in [1.807, 2.05) is 25.1 Å². The fourth-order valence-corrected chi connectivity index (χ4v) is 2.07. The smallest absolute Gasteiger partial charge is 0.160 e. The van der Waals surface area contributed by atoms with Crippen molar-refractivity contribution in [2.75, 3.05) is 0 Å². The minimum atomic E-state index is 0.0611. The second-order valence-electron chi connectivity index (χ2n) is 3.92. The molecular weight excluding hydrogens is 200 g/mol. The van der Waals surface area contributed by atoms with Gasteiger partial charge in [0.1, 0.15) is 5.75 Å². The van der Waals surface area contributed by atoms with Crippen LogP contribution in [0.3, 0.4) is 0 Å². The summed E-state index contributed by atoms with van der Waals surface area (Å²) in [5.41, 5.74) is 1.75. The Morgan fingerprint density at radius 2 is 2.06 bits per heavy atom. The minimum Gasteiger partial charge on any atom is -0.508 e. The first kappa shape index (κ1) is 10.7. The predicted molar refractivity (Wildman–Crippen MR) is 65.0 cm³/mol. The third kappa shape index (κ3) is 1.67. The zero-order valence-electron chi connectivity index (χ0n) is 9.45. The number of carbonyl (C=O) groups is 1. The third-order valence-electron chi connectivity index (χ3n) is 2.80. The van der Waals surface area contributed by atoms with Gasteiger partial charge in [-0.25, -0.2) is 0 Å². The van der Waals surface area contributed by atoms with Gasteiger partial charge < -0.3 is 5.11 Å². The summed E-state index contributed by atoms with van der Waals surface area (Å²) in [6, 6.07) is 9.02. The number of phenols is 1. The number of aromatic hydroxyl groups is 1. The zero-order chi connectivity index (χ0) is 11.7. The molecule has 1 N–H and O–H groups in total. The van der Waals surface area contributed by atoms with E-state index in [0.717, 1.165) is 28.3 Å². The first-order chi connectivity index (χ1) is 7.63. The summed E-state index contributed by atoms with van der Waals surface area (Å²) in [6.45, 7) is 3.59. The van der Waals surface area contributed by atoms with Gasteiger partial charge in [0.25, 0.3) is 0 Å². The molecule has 0 fully saturated rings. The second-order valence-corrected chi connectivity index (χ2v) is 3.92. The standard InChI is InChI=1S/C14H14O2/c1-3-10-7-12(16)8-11-5-4-6-13(9(2)15)14(10)11/h4-8,16H,3H2,1-2H3. The highest BCUT2D eigenvalue weighted by Gasteiger charge is 2.09. The number of rotatable bonds is 2. The van der Waals surface area contributed by atoms with Crippen LogP contribution in [0.5, 0.6) is 5.75 Å². The average molecular weight is 214 g/mol. The monoisotopic (exact) mass is 214 g/mol. The second kappa shape index (κ2) is 3.97. The molecule has 16 heavy (non-hydrogen) atoms. The van der Waals surface area contributed by atoms with Gasteiger partial charge >= 0.3 is 0 Å². The number of Topliss-reactive ketones (excluding diaryl/α,β-unsaturated/α-hetero) is 1. The van der Waals surface area contributed by atoms with Crippen LogP contribution in [-0.2, 0) is 6.42 Å². The SMILES string of the molecule is CCc1cc(O)cc2cccc(C(C)=O)c12. The molecule has 0 aliphatic heterocycles. The Hall–Kier alpha value is -1.83. The van der Waals surface area contributed by atoms with Crippen LogP contribution in [0, 0.1) is 0 Å². The van der Waals surface area contributed by atoms with E-state index in [1.54, 1.807) is 19.1 Å². The molecule has 0 saturated heterocycles. The van der Waals surface area contributed by atoms with Crippen molar-refractivity contribution >= 4 is 16.6 Å². The molecule has 0 atom stereocenters. The molecule has 2 nitrogen and oxygen atoms in total. The predicted octanol–water partition coefficient (Wildman–Crippen LogP) is 3.31. The van der Waals surface area contributed by atoms with Crippen molar-refractivity contribution in [1.82, 2.24) is 0 Å². The Morgan fingerprint density at radius 3 is 2.69 bits per heavy atom. The van der Waals surface area contributed by atoms with Crippen molar-refractivity contribution in [2.45, 2.75) is 20.3 Å². The highest BCUT2D eigenvalue weighted by molar-refractivity contribution is 6.08. The van der Waals surface area contributed by atoms with E-state index in [-0.39, 0.29) is 11.5 Å². The number of aryl methyl sites for hydroxylation is 1. The molecule has 0 radical (unpaired) electrons. The van der Waals surface area contributed by atoms with Gasteiger partial charge in [-0.3, -0.25) is 4.79 Å². The van der Waals surface area contributed by atoms with Gasteiger partial charge in [0.15, 0.2) is 5.78 Å². The molecule has 0 amide bonds. The summed E-state index contributed by atoms with van der Waals surface area (Å²) in [6.07, 6.45) is 0.801. The largest absolute Gasteiger partial charge is 0.508 e. The third-order valence-corrected chi connectivity index (χ3v) is 2.80. The van der Waals surface area contributed by atoms with Crippen LogP contribution in [0.15, 0.2) is 30.3 Å². The van der Waals surface area contributed by atoms with Crippen molar-refractivity contribution < 1.29 is 9.90 Å².